The number of hydrogen-bond acceptors (Lipinski definition) is 4. The number of nitrogens with zero attached hydrogens (tertiary/aromatic N) is 2. The molecule has 0 atom stereocenters. The lowest BCUT2D eigenvalue weighted by Gasteiger charge is -2.11. The zero-order chi connectivity index (χ0) is 15.5. The number of nitrogens with one attached hydrogen (secondary N) is 1. The molecule has 0 aliphatic carbocycles. The Morgan fingerprint density at radius 3 is 2.52 bits per heavy atom. The first-order valence-electron chi connectivity index (χ1n) is 6.12. The molecule has 114 valence electrons. The summed E-state index contributed by atoms with van der Waals surface area (Å²) in [5, 5.41) is 4.03. The van der Waals surface area contributed by atoms with E-state index in [4.69, 9.17) is 28.9 Å². The van der Waals surface area contributed by atoms with Gasteiger partial charge in [0.25, 0.3) is 0 Å². The maximum absolute atomic E-state index is 12.2. The van der Waals surface area contributed by atoms with Gasteiger partial charge in [0.05, 0.1) is 10.0 Å². The minimum Gasteiger partial charge on any atom is -0.399 e. The van der Waals surface area contributed by atoms with E-state index in [1.807, 2.05) is 6.20 Å². The Bertz CT molecular complexity index is 694. The molecule has 0 spiro atoms. The highest BCUT2D eigenvalue weighted by Gasteiger charge is 2.21. The van der Waals surface area contributed by atoms with E-state index in [0.29, 0.717) is 18.7 Å². The average molecular weight is 349 g/mol. The van der Waals surface area contributed by atoms with E-state index < -0.39 is 10.0 Å². The molecule has 0 radical (unpaired) electrons. The Morgan fingerprint density at radius 1 is 1.29 bits per heavy atom. The van der Waals surface area contributed by atoms with Crippen molar-refractivity contribution < 1.29 is 8.42 Å². The van der Waals surface area contributed by atoms with Gasteiger partial charge >= 0.3 is 0 Å². The lowest BCUT2D eigenvalue weighted by atomic mass is 10.3. The van der Waals surface area contributed by atoms with E-state index in [2.05, 4.69) is 9.82 Å². The molecule has 0 saturated heterocycles. The molecule has 0 fully saturated rings. The van der Waals surface area contributed by atoms with Crippen molar-refractivity contribution in [1.29, 1.82) is 0 Å². The summed E-state index contributed by atoms with van der Waals surface area (Å²) in [5.41, 5.74) is 5.86. The average Bonchev–Trinajstić information content (AvgIpc) is 2.86. The van der Waals surface area contributed by atoms with Crippen molar-refractivity contribution in [2.45, 2.75) is 17.9 Å². The van der Waals surface area contributed by atoms with Gasteiger partial charge in [-0.1, -0.05) is 23.2 Å². The molecule has 0 amide bonds. The monoisotopic (exact) mass is 348 g/mol. The van der Waals surface area contributed by atoms with Crippen molar-refractivity contribution in [2.24, 2.45) is 0 Å². The van der Waals surface area contributed by atoms with Crippen LogP contribution in [-0.4, -0.2) is 24.7 Å². The molecule has 6 nitrogen and oxygen atoms in total. The van der Waals surface area contributed by atoms with E-state index in [9.17, 15) is 8.42 Å². The molecule has 0 bridgehead atoms. The Hall–Kier alpha value is -1.28. The van der Waals surface area contributed by atoms with Crippen LogP contribution in [0.5, 0.6) is 0 Å². The van der Waals surface area contributed by atoms with Crippen LogP contribution in [-0.2, 0) is 16.6 Å². The van der Waals surface area contributed by atoms with Gasteiger partial charge in [-0.2, -0.15) is 5.10 Å². The van der Waals surface area contributed by atoms with E-state index >= 15 is 0 Å². The summed E-state index contributed by atoms with van der Waals surface area (Å²) in [6.07, 6.45) is 4.06. The minimum absolute atomic E-state index is 0.000392. The first kappa shape index (κ1) is 16.1. The highest BCUT2D eigenvalue weighted by molar-refractivity contribution is 7.89. The number of aromatic nitrogens is 2. The second-order valence-corrected chi connectivity index (χ2v) is 6.85. The van der Waals surface area contributed by atoms with E-state index in [0.717, 1.165) is 0 Å². The standard InChI is InChI=1S/C12H14Cl2N4O2S/c13-10-7-9(15)8-11(14)12(10)21(19,20)17-4-2-6-18-5-1-3-16-18/h1,3,5,7-8,17H,2,4,6,15H2. The number of aryl methyl sites for hydroxylation is 1. The molecule has 2 aromatic rings. The molecule has 9 heteroatoms. The fraction of sp³-hybridized carbons (Fsp3) is 0.250. The van der Waals surface area contributed by atoms with Crippen LogP contribution < -0.4 is 10.5 Å². The van der Waals surface area contributed by atoms with Gasteiger partial charge in [0.1, 0.15) is 4.90 Å². The maximum Gasteiger partial charge on any atom is 0.243 e. The SMILES string of the molecule is Nc1cc(Cl)c(S(=O)(=O)NCCCn2cccn2)c(Cl)c1. The molecule has 0 saturated carbocycles. The molecular weight excluding hydrogens is 335 g/mol. The summed E-state index contributed by atoms with van der Waals surface area (Å²) in [5.74, 6) is 0. The third-order valence-corrected chi connectivity index (χ3v) is 5.09. The summed E-state index contributed by atoms with van der Waals surface area (Å²) >= 11 is 11.8. The van der Waals surface area contributed by atoms with Gasteiger partial charge in [0.15, 0.2) is 0 Å². The zero-order valence-corrected chi connectivity index (χ0v) is 13.3. The Balaban J connectivity index is 2.02. The van der Waals surface area contributed by atoms with E-state index in [-0.39, 0.29) is 21.5 Å². The third-order valence-electron chi connectivity index (χ3n) is 2.70. The molecule has 21 heavy (non-hydrogen) atoms. The largest absolute Gasteiger partial charge is 0.399 e. The second kappa shape index (κ2) is 6.65. The van der Waals surface area contributed by atoms with Gasteiger partial charge in [-0.15, -0.1) is 0 Å². The van der Waals surface area contributed by atoms with Crippen molar-refractivity contribution in [2.75, 3.05) is 12.3 Å². The van der Waals surface area contributed by atoms with Gasteiger partial charge < -0.3 is 5.73 Å². The van der Waals surface area contributed by atoms with Crippen LogP contribution in [0, 0.1) is 0 Å². The van der Waals surface area contributed by atoms with Crippen molar-refractivity contribution in [3.63, 3.8) is 0 Å². The van der Waals surface area contributed by atoms with Gasteiger partial charge in [-0.25, -0.2) is 13.1 Å². The number of nitrogens with two attached hydrogens (primary N) is 1. The molecule has 2 rings (SSSR count). The molecule has 1 aromatic carbocycles. The lowest BCUT2D eigenvalue weighted by Crippen LogP contribution is -2.26. The van der Waals surface area contributed by atoms with Crippen LogP contribution in [0.4, 0.5) is 5.69 Å². The normalized spacial score (nSPS) is 11.7. The van der Waals surface area contributed by atoms with Crippen LogP contribution in [0.1, 0.15) is 6.42 Å². The Labute approximate surface area is 132 Å². The van der Waals surface area contributed by atoms with Gasteiger partial charge in [0, 0.05) is 31.2 Å². The van der Waals surface area contributed by atoms with Gasteiger partial charge in [0.2, 0.25) is 10.0 Å². The number of halogens is 2. The van der Waals surface area contributed by atoms with Crippen molar-refractivity contribution in [3.8, 4) is 0 Å². The topological polar surface area (TPSA) is 90.0 Å². The zero-order valence-electron chi connectivity index (χ0n) is 11.0. The number of rotatable bonds is 6. The second-order valence-electron chi connectivity index (χ2n) is 4.33. The molecule has 3 N–H and O–H groups in total. The number of benzene rings is 1. The van der Waals surface area contributed by atoms with Crippen LogP contribution in [0.15, 0.2) is 35.5 Å². The van der Waals surface area contributed by atoms with Crippen molar-refractivity contribution in [3.05, 3.63) is 40.6 Å². The first-order valence-corrected chi connectivity index (χ1v) is 8.35. The van der Waals surface area contributed by atoms with Crippen LogP contribution in [0.2, 0.25) is 10.0 Å². The maximum atomic E-state index is 12.2. The van der Waals surface area contributed by atoms with Gasteiger partial charge in [-0.05, 0) is 24.6 Å². The van der Waals surface area contributed by atoms with Crippen LogP contribution in [0.3, 0.4) is 0 Å². The van der Waals surface area contributed by atoms with Crippen molar-refractivity contribution >= 4 is 38.9 Å². The third kappa shape index (κ3) is 4.10. The quantitative estimate of drug-likeness (QED) is 0.618. The Morgan fingerprint density at radius 2 is 1.95 bits per heavy atom. The summed E-state index contributed by atoms with van der Waals surface area (Å²) in [6.45, 7) is 0.859. The smallest absolute Gasteiger partial charge is 0.243 e. The first-order chi connectivity index (χ1) is 9.90. The van der Waals surface area contributed by atoms with E-state index in [1.165, 1.54) is 12.1 Å². The molecular formula is C12H14Cl2N4O2S. The number of hydrogen-bond donors (Lipinski definition) is 2. The molecule has 0 aliphatic heterocycles. The summed E-state index contributed by atoms with van der Waals surface area (Å²) in [6, 6.07) is 4.51. The molecule has 0 unspecified atom stereocenters. The summed E-state index contributed by atoms with van der Waals surface area (Å²) in [7, 11) is -3.78. The number of sulfonamides is 1. The molecule has 1 aromatic heterocycles. The van der Waals surface area contributed by atoms with Gasteiger partial charge in [-0.3, -0.25) is 4.68 Å². The van der Waals surface area contributed by atoms with E-state index in [1.54, 1.807) is 16.9 Å². The predicted molar refractivity (Wildman–Crippen MR) is 82.9 cm³/mol. The summed E-state index contributed by atoms with van der Waals surface area (Å²) < 4.78 is 28.6. The van der Waals surface area contributed by atoms with Crippen molar-refractivity contribution in [1.82, 2.24) is 14.5 Å². The summed E-state index contributed by atoms with van der Waals surface area (Å²) in [4.78, 5) is -0.154. The molecule has 0 aliphatic rings. The lowest BCUT2D eigenvalue weighted by molar-refractivity contribution is 0.553. The van der Waals surface area contributed by atoms with Crippen LogP contribution >= 0.6 is 23.2 Å². The van der Waals surface area contributed by atoms with Crippen LogP contribution in [0.25, 0.3) is 0 Å². The molecule has 1 heterocycles. The Kier molecular flexibility index (Phi) is 5.10. The highest BCUT2D eigenvalue weighted by Crippen LogP contribution is 2.31. The number of nitrogen functional groups attached to an aromatic ring is 1. The fourth-order valence-corrected chi connectivity index (χ4v) is 4.09. The number of anilines is 1. The highest BCUT2D eigenvalue weighted by atomic mass is 35.5. The minimum atomic E-state index is -3.78. The fourth-order valence-electron chi connectivity index (χ4n) is 1.79. The predicted octanol–water partition coefficient (Wildman–Crippen LogP) is 2.14.